The molecule has 5 heteroatoms. The summed E-state index contributed by atoms with van der Waals surface area (Å²) in [6.07, 6.45) is 3.38. The molecule has 1 aliphatic carbocycles. The molecule has 0 spiro atoms. The summed E-state index contributed by atoms with van der Waals surface area (Å²) in [7, 11) is 3.14. The number of benzene rings is 1. The first-order valence-electron chi connectivity index (χ1n) is 6.80. The molecule has 0 N–H and O–H groups in total. The number of carbonyl (C=O) groups excluding carboxylic acids is 1. The van der Waals surface area contributed by atoms with E-state index < -0.39 is 0 Å². The van der Waals surface area contributed by atoms with Crippen LogP contribution < -0.4 is 9.47 Å². The fraction of sp³-hybridized carbons (Fsp3) is 0.533. The molecule has 1 saturated carbocycles. The lowest BCUT2D eigenvalue weighted by Crippen LogP contribution is -2.45. The van der Waals surface area contributed by atoms with Crippen LogP contribution in [-0.2, 0) is 0 Å². The van der Waals surface area contributed by atoms with E-state index in [1.165, 1.54) is 6.42 Å². The lowest BCUT2D eigenvalue weighted by molar-refractivity contribution is 0.0595. The number of halogens is 1. The van der Waals surface area contributed by atoms with Crippen LogP contribution in [0.3, 0.4) is 0 Å². The number of methoxy groups -OCH3 is 2. The maximum Gasteiger partial charge on any atom is 0.258 e. The molecule has 1 fully saturated rings. The average Bonchev–Trinajstić information content (AvgIpc) is 2.43. The van der Waals surface area contributed by atoms with Gasteiger partial charge in [-0.1, -0.05) is 22.0 Å². The smallest absolute Gasteiger partial charge is 0.258 e. The molecule has 0 heterocycles. The van der Waals surface area contributed by atoms with Crippen LogP contribution in [0, 0.1) is 0 Å². The van der Waals surface area contributed by atoms with E-state index in [4.69, 9.17) is 9.47 Å². The Morgan fingerprint density at radius 3 is 2.60 bits per heavy atom. The minimum Gasteiger partial charge on any atom is -0.493 e. The van der Waals surface area contributed by atoms with Gasteiger partial charge in [0.25, 0.3) is 5.91 Å². The van der Waals surface area contributed by atoms with Gasteiger partial charge in [-0.2, -0.15) is 0 Å². The van der Waals surface area contributed by atoms with E-state index in [-0.39, 0.29) is 5.91 Å². The molecule has 2 rings (SSSR count). The van der Waals surface area contributed by atoms with E-state index in [2.05, 4.69) is 15.9 Å². The van der Waals surface area contributed by atoms with Gasteiger partial charge < -0.3 is 14.4 Å². The largest absolute Gasteiger partial charge is 0.493 e. The zero-order chi connectivity index (χ0) is 14.5. The Hall–Kier alpha value is -1.23. The number of nitrogens with zero attached hydrogens (tertiary/aromatic N) is 1. The molecule has 110 valence electrons. The molecule has 0 bridgehead atoms. The zero-order valence-corrected chi connectivity index (χ0v) is 13.5. The second-order valence-corrected chi connectivity index (χ2v) is 5.61. The second-order valence-electron chi connectivity index (χ2n) is 4.81. The number of ether oxygens (including phenoxy) is 2. The highest BCUT2D eigenvalue weighted by Gasteiger charge is 2.30. The summed E-state index contributed by atoms with van der Waals surface area (Å²) in [4.78, 5) is 14.7. The van der Waals surface area contributed by atoms with E-state index >= 15 is 0 Å². The molecule has 0 aromatic heterocycles. The van der Waals surface area contributed by atoms with Crippen molar-refractivity contribution in [3.05, 3.63) is 23.8 Å². The highest BCUT2D eigenvalue weighted by Crippen LogP contribution is 2.33. The topological polar surface area (TPSA) is 38.8 Å². The Morgan fingerprint density at radius 1 is 1.35 bits per heavy atom. The predicted molar refractivity (Wildman–Crippen MR) is 82.0 cm³/mol. The first-order chi connectivity index (χ1) is 9.72. The summed E-state index contributed by atoms with van der Waals surface area (Å²) in [5.41, 5.74) is 0.569. The first-order valence-corrected chi connectivity index (χ1v) is 7.93. The Morgan fingerprint density at radius 2 is 2.10 bits per heavy atom. The van der Waals surface area contributed by atoms with E-state index in [1.54, 1.807) is 26.4 Å². The quantitative estimate of drug-likeness (QED) is 0.746. The molecule has 0 unspecified atom stereocenters. The van der Waals surface area contributed by atoms with Crippen LogP contribution in [0.4, 0.5) is 0 Å². The van der Waals surface area contributed by atoms with Gasteiger partial charge in [0.1, 0.15) is 0 Å². The van der Waals surface area contributed by atoms with Crippen molar-refractivity contribution in [3.8, 4) is 11.5 Å². The molecule has 1 aliphatic rings. The summed E-state index contributed by atoms with van der Waals surface area (Å²) < 4.78 is 10.6. The zero-order valence-electron chi connectivity index (χ0n) is 11.9. The number of carbonyl (C=O) groups is 1. The standard InChI is InChI=1S/C15H20BrNO3/c1-19-13-8-4-7-12(14(13)20-2)15(18)17(10-9-16)11-5-3-6-11/h4,7-8,11H,3,5-6,9-10H2,1-2H3. The summed E-state index contributed by atoms with van der Waals surface area (Å²) in [5.74, 6) is 1.12. The van der Waals surface area contributed by atoms with Crippen LogP contribution in [0.25, 0.3) is 0 Å². The van der Waals surface area contributed by atoms with Crippen molar-refractivity contribution in [3.63, 3.8) is 0 Å². The van der Waals surface area contributed by atoms with Crippen molar-refractivity contribution >= 4 is 21.8 Å². The van der Waals surface area contributed by atoms with Gasteiger partial charge in [-0.3, -0.25) is 4.79 Å². The van der Waals surface area contributed by atoms with Crippen LogP contribution in [0.2, 0.25) is 0 Å². The normalized spacial score (nSPS) is 14.6. The summed E-state index contributed by atoms with van der Waals surface area (Å²) in [6.45, 7) is 0.712. The van der Waals surface area contributed by atoms with Gasteiger partial charge in [0, 0.05) is 17.9 Å². The van der Waals surface area contributed by atoms with Gasteiger partial charge in [-0.25, -0.2) is 0 Å². The van der Waals surface area contributed by atoms with Gasteiger partial charge in [-0.05, 0) is 31.4 Å². The molecule has 20 heavy (non-hydrogen) atoms. The highest BCUT2D eigenvalue weighted by atomic mass is 79.9. The SMILES string of the molecule is COc1cccc(C(=O)N(CCBr)C2CCC2)c1OC. The van der Waals surface area contributed by atoms with Crippen LogP contribution in [0.5, 0.6) is 11.5 Å². The summed E-state index contributed by atoms with van der Waals surface area (Å²) in [5, 5.41) is 0.779. The number of para-hydroxylation sites is 1. The molecule has 4 nitrogen and oxygen atoms in total. The van der Waals surface area contributed by atoms with Gasteiger partial charge in [-0.15, -0.1) is 0 Å². The Balaban J connectivity index is 2.30. The fourth-order valence-electron chi connectivity index (χ4n) is 2.45. The van der Waals surface area contributed by atoms with Gasteiger partial charge >= 0.3 is 0 Å². The van der Waals surface area contributed by atoms with Crippen molar-refractivity contribution in [1.29, 1.82) is 0 Å². The van der Waals surface area contributed by atoms with E-state index in [9.17, 15) is 4.79 Å². The van der Waals surface area contributed by atoms with Crippen molar-refractivity contribution in [1.82, 2.24) is 4.90 Å². The van der Waals surface area contributed by atoms with Gasteiger partial charge in [0.2, 0.25) is 0 Å². The molecule has 1 aromatic carbocycles. The predicted octanol–water partition coefficient (Wildman–Crippen LogP) is 3.09. The molecular weight excluding hydrogens is 322 g/mol. The third kappa shape index (κ3) is 2.92. The van der Waals surface area contributed by atoms with Crippen molar-refractivity contribution < 1.29 is 14.3 Å². The molecule has 0 atom stereocenters. The number of amides is 1. The lowest BCUT2D eigenvalue weighted by Gasteiger charge is -2.37. The van der Waals surface area contributed by atoms with E-state index in [0.29, 0.717) is 29.6 Å². The number of hydrogen-bond donors (Lipinski definition) is 0. The lowest BCUT2D eigenvalue weighted by atomic mass is 9.91. The van der Waals surface area contributed by atoms with Crippen LogP contribution in [0.15, 0.2) is 18.2 Å². The molecule has 1 amide bonds. The molecule has 0 radical (unpaired) electrons. The first kappa shape index (κ1) is 15.2. The third-order valence-electron chi connectivity index (χ3n) is 3.74. The Kier molecular flexibility index (Phi) is 5.29. The van der Waals surface area contributed by atoms with E-state index in [0.717, 1.165) is 18.2 Å². The maximum atomic E-state index is 12.8. The van der Waals surface area contributed by atoms with Gasteiger partial charge in [0.15, 0.2) is 11.5 Å². The molecular formula is C15H20BrNO3. The minimum absolute atomic E-state index is 0.0184. The van der Waals surface area contributed by atoms with Crippen LogP contribution >= 0.6 is 15.9 Å². The van der Waals surface area contributed by atoms with E-state index in [1.807, 2.05) is 11.0 Å². The van der Waals surface area contributed by atoms with Gasteiger partial charge in [0.05, 0.1) is 19.8 Å². The van der Waals surface area contributed by atoms with Crippen LogP contribution in [0.1, 0.15) is 29.6 Å². The third-order valence-corrected chi connectivity index (χ3v) is 4.09. The number of hydrogen-bond acceptors (Lipinski definition) is 3. The molecule has 1 aromatic rings. The average molecular weight is 342 g/mol. The van der Waals surface area contributed by atoms with Crippen molar-refractivity contribution in [2.75, 3.05) is 26.1 Å². The molecule has 0 saturated heterocycles. The minimum atomic E-state index is 0.0184. The fourth-order valence-corrected chi connectivity index (χ4v) is 2.83. The van der Waals surface area contributed by atoms with Crippen molar-refractivity contribution in [2.45, 2.75) is 25.3 Å². The molecule has 0 aliphatic heterocycles. The second kappa shape index (κ2) is 6.97. The van der Waals surface area contributed by atoms with Crippen LogP contribution in [-0.4, -0.2) is 42.9 Å². The Labute approximate surface area is 128 Å². The number of alkyl halides is 1. The highest BCUT2D eigenvalue weighted by molar-refractivity contribution is 9.09. The maximum absolute atomic E-state index is 12.8. The van der Waals surface area contributed by atoms with Crippen molar-refractivity contribution in [2.24, 2.45) is 0 Å². The summed E-state index contributed by atoms with van der Waals surface area (Å²) >= 11 is 3.43. The summed E-state index contributed by atoms with van der Waals surface area (Å²) in [6, 6.07) is 5.77. The monoisotopic (exact) mass is 341 g/mol. The Bertz CT molecular complexity index is 474. The number of rotatable bonds is 6.